The lowest BCUT2D eigenvalue weighted by Crippen LogP contribution is -2.27. The van der Waals surface area contributed by atoms with Crippen molar-refractivity contribution >= 4 is 29.1 Å². The summed E-state index contributed by atoms with van der Waals surface area (Å²) in [5.74, 6) is 1.08. The lowest BCUT2D eigenvalue weighted by Gasteiger charge is -2.31. The van der Waals surface area contributed by atoms with Crippen molar-refractivity contribution in [3.63, 3.8) is 0 Å². The summed E-state index contributed by atoms with van der Waals surface area (Å²) in [6, 6.07) is 5.94. The molecule has 0 amide bonds. The number of unbranched alkanes of at least 4 members (excludes halogenated alkanes) is 3. The number of allylic oxidation sites excluding steroid dienone is 2. The highest BCUT2D eigenvalue weighted by atomic mass is 35.5. The summed E-state index contributed by atoms with van der Waals surface area (Å²) < 4.78 is 10.8. The fourth-order valence-corrected chi connectivity index (χ4v) is 3.77. The van der Waals surface area contributed by atoms with Crippen LogP contribution in [0.4, 0.5) is 4.79 Å². The summed E-state index contributed by atoms with van der Waals surface area (Å²) >= 11 is 5.65. The van der Waals surface area contributed by atoms with Gasteiger partial charge in [0.1, 0.15) is 5.76 Å². The summed E-state index contributed by atoms with van der Waals surface area (Å²) in [7, 11) is 0. The normalized spacial score (nSPS) is 16.2. The summed E-state index contributed by atoms with van der Waals surface area (Å²) in [6.45, 7) is 8.31. The molecule has 4 nitrogen and oxygen atoms in total. The third-order valence-electron chi connectivity index (χ3n) is 4.94. The van der Waals surface area contributed by atoms with Gasteiger partial charge in [0.25, 0.3) is 0 Å². The van der Waals surface area contributed by atoms with E-state index in [0.29, 0.717) is 36.7 Å². The van der Waals surface area contributed by atoms with Crippen molar-refractivity contribution in [3.8, 4) is 0 Å². The van der Waals surface area contributed by atoms with Gasteiger partial charge in [-0.3, -0.25) is 4.79 Å². The highest BCUT2D eigenvalue weighted by Gasteiger charge is 2.36. The molecule has 0 fully saturated rings. The molecule has 2 rings (SSSR count). The van der Waals surface area contributed by atoms with Crippen LogP contribution in [0.1, 0.15) is 69.1 Å². The second kappa shape index (κ2) is 10.1. The molecular formula is C23H31ClO4. The van der Waals surface area contributed by atoms with E-state index in [0.717, 1.165) is 42.4 Å². The molecule has 0 aliphatic heterocycles. The maximum Gasteiger partial charge on any atom is 0.513 e. The van der Waals surface area contributed by atoms with Gasteiger partial charge in [-0.05, 0) is 43.2 Å². The van der Waals surface area contributed by atoms with Crippen LogP contribution in [0.5, 0.6) is 0 Å². The number of benzene rings is 1. The summed E-state index contributed by atoms with van der Waals surface area (Å²) in [5, 5.41) is 0. The van der Waals surface area contributed by atoms with Gasteiger partial charge in [-0.15, -0.1) is 11.6 Å². The Morgan fingerprint density at radius 1 is 1.11 bits per heavy atom. The van der Waals surface area contributed by atoms with E-state index >= 15 is 0 Å². The van der Waals surface area contributed by atoms with Crippen molar-refractivity contribution < 1.29 is 19.1 Å². The average molecular weight is 407 g/mol. The third-order valence-corrected chi connectivity index (χ3v) is 5.21. The summed E-state index contributed by atoms with van der Waals surface area (Å²) in [5.41, 5.74) is 3.21. The summed E-state index contributed by atoms with van der Waals surface area (Å²) in [4.78, 5) is 25.1. The van der Waals surface area contributed by atoms with Gasteiger partial charge < -0.3 is 9.47 Å². The fourth-order valence-electron chi connectivity index (χ4n) is 3.58. The van der Waals surface area contributed by atoms with Gasteiger partial charge in [0.15, 0.2) is 5.78 Å². The highest BCUT2D eigenvalue weighted by Crippen LogP contribution is 2.41. The Labute approximate surface area is 173 Å². The largest absolute Gasteiger partial charge is 0.513 e. The van der Waals surface area contributed by atoms with E-state index in [1.54, 1.807) is 0 Å². The molecule has 0 atom stereocenters. The monoisotopic (exact) mass is 406 g/mol. The maximum atomic E-state index is 12.9. The molecule has 1 aromatic carbocycles. The van der Waals surface area contributed by atoms with Gasteiger partial charge in [0.2, 0.25) is 0 Å². The first-order valence-electron chi connectivity index (χ1n) is 9.98. The zero-order valence-corrected chi connectivity index (χ0v) is 18.2. The lowest BCUT2D eigenvalue weighted by atomic mass is 9.74. The van der Waals surface area contributed by atoms with Crippen LogP contribution in [-0.2, 0) is 14.3 Å². The summed E-state index contributed by atoms with van der Waals surface area (Å²) in [6.07, 6.45) is 3.94. The first-order chi connectivity index (χ1) is 13.2. The minimum Gasteiger partial charge on any atom is -0.434 e. The number of carbonyl (C=O) groups is 2. The molecule has 0 spiro atoms. The molecule has 1 aliphatic rings. The molecule has 0 radical (unpaired) electrons. The number of aryl methyl sites for hydroxylation is 2. The number of ketones is 1. The molecule has 0 heterocycles. The fraction of sp³-hybridized carbons (Fsp3) is 0.565. The Morgan fingerprint density at radius 3 is 2.50 bits per heavy atom. The van der Waals surface area contributed by atoms with Crippen molar-refractivity contribution in [2.45, 2.75) is 66.2 Å². The highest BCUT2D eigenvalue weighted by molar-refractivity contribution is 6.22. The van der Waals surface area contributed by atoms with Gasteiger partial charge in [0.05, 0.1) is 12.2 Å². The molecule has 1 aromatic rings. The smallest absolute Gasteiger partial charge is 0.434 e. The Morgan fingerprint density at radius 2 is 1.82 bits per heavy atom. The van der Waals surface area contributed by atoms with Crippen molar-refractivity contribution in [1.29, 1.82) is 0 Å². The third kappa shape index (κ3) is 6.37. The van der Waals surface area contributed by atoms with Crippen molar-refractivity contribution in [1.82, 2.24) is 0 Å². The number of halogens is 1. The van der Waals surface area contributed by atoms with E-state index in [1.165, 1.54) is 0 Å². The van der Waals surface area contributed by atoms with Crippen molar-refractivity contribution in [2.75, 3.05) is 12.5 Å². The number of hydrogen-bond donors (Lipinski definition) is 0. The van der Waals surface area contributed by atoms with E-state index in [-0.39, 0.29) is 11.2 Å². The van der Waals surface area contributed by atoms with Gasteiger partial charge in [-0.2, -0.15) is 0 Å². The zero-order chi connectivity index (χ0) is 20.7. The van der Waals surface area contributed by atoms with E-state index in [9.17, 15) is 9.59 Å². The predicted octanol–water partition coefficient (Wildman–Crippen LogP) is 6.36. The van der Waals surface area contributed by atoms with Crippen LogP contribution in [0.3, 0.4) is 0 Å². The second-order valence-corrected chi connectivity index (χ2v) is 8.74. The number of alkyl halides is 1. The average Bonchev–Trinajstić information content (AvgIpc) is 2.58. The van der Waals surface area contributed by atoms with E-state index in [4.69, 9.17) is 21.1 Å². The van der Waals surface area contributed by atoms with Gasteiger partial charge in [0, 0.05) is 18.7 Å². The molecule has 28 heavy (non-hydrogen) atoms. The molecule has 0 saturated carbocycles. The minimum absolute atomic E-state index is 0.00655. The molecule has 0 saturated heterocycles. The standard InChI is InChI=1S/C23H31ClO4/c1-16-9-10-18(17(2)13-16)21-19(25)14-23(3,4)15-20(21)28-22(26)27-12-8-6-5-7-11-24/h9-10,13H,5-8,11-12,14-15H2,1-4H3. The van der Waals surface area contributed by atoms with E-state index in [1.807, 2.05) is 45.9 Å². The number of Topliss-reactive ketones (excluding diaryl/α,β-unsaturated/α-hetero) is 1. The first kappa shape index (κ1) is 22.5. The minimum atomic E-state index is -0.736. The van der Waals surface area contributed by atoms with Crippen LogP contribution in [0.15, 0.2) is 24.0 Å². The van der Waals surface area contributed by atoms with E-state index < -0.39 is 6.16 Å². The molecule has 0 N–H and O–H groups in total. The van der Waals surface area contributed by atoms with E-state index in [2.05, 4.69) is 0 Å². The molecule has 0 aromatic heterocycles. The van der Waals surface area contributed by atoms with Gasteiger partial charge in [-0.1, -0.05) is 50.5 Å². The molecule has 0 unspecified atom stereocenters. The van der Waals surface area contributed by atoms with Crippen LogP contribution in [0, 0.1) is 19.3 Å². The molecular weight excluding hydrogens is 376 g/mol. The van der Waals surface area contributed by atoms with Crippen LogP contribution in [0.2, 0.25) is 0 Å². The van der Waals surface area contributed by atoms with Gasteiger partial charge in [-0.25, -0.2) is 4.79 Å². The Bertz CT molecular complexity index is 749. The Kier molecular flexibility index (Phi) is 8.11. The lowest BCUT2D eigenvalue weighted by molar-refractivity contribution is -0.116. The molecule has 0 bridgehead atoms. The number of rotatable bonds is 8. The Hall–Kier alpha value is -1.81. The number of hydrogen-bond acceptors (Lipinski definition) is 4. The van der Waals surface area contributed by atoms with Crippen LogP contribution in [-0.4, -0.2) is 24.4 Å². The molecule has 1 aliphatic carbocycles. The van der Waals surface area contributed by atoms with Crippen LogP contribution < -0.4 is 0 Å². The molecule has 154 valence electrons. The number of ether oxygens (including phenoxy) is 2. The van der Waals surface area contributed by atoms with Crippen molar-refractivity contribution in [2.24, 2.45) is 5.41 Å². The second-order valence-electron chi connectivity index (χ2n) is 8.36. The zero-order valence-electron chi connectivity index (χ0n) is 17.4. The van der Waals surface area contributed by atoms with Crippen LogP contribution in [0.25, 0.3) is 5.57 Å². The predicted molar refractivity (Wildman–Crippen MR) is 112 cm³/mol. The maximum absolute atomic E-state index is 12.9. The Balaban J connectivity index is 2.15. The molecule has 5 heteroatoms. The SMILES string of the molecule is Cc1ccc(C2=C(OC(=O)OCCCCCCCl)CC(C)(C)CC2=O)c(C)c1. The topological polar surface area (TPSA) is 52.6 Å². The van der Waals surface area contributed by atoms with Gasteiger partial charge >= 0.3 is 6.16 Å². The van der Waals surface area contributed by atoms with Crippen molar-refractivity contribution in [3.05, 3.63) is 40.6 Å². The quantitative estimate of drug-likeness (QED) is 0.286. The number of carbonyl (C=O) groups excluding carboxylic acids is 2. The first-order valence-corrected chi connectivity index (χ1v) is 10.5. The van der Waals surface area contributed by atoms with Crippen LogP contribution >= 0.6 is 11.6 Å².